The van der Waals surface area contributed by atoms with Crippen LogP contribution in [0.3, 0.4) is 0 Å². The van der Waals surface area contributed by atoms with Gasteiger partial charge < -0.3 is 9.52 Å². The smallest absolute Gasteiger partial charge is 0.197 e. The van der Waals surface area contributed by atoms with Crippen LogP contribution < -0.4 is 5.43 Å². The molecule has 2 rings (SSSR count). The van der Waals surface area contributed by atoms with Gasteiger partial charge in [-0.3, -0.25) is 4.79 Å². The second-order valence-electron chi connectivity index (χ2n) is 4.38. The van der Waals surface area contributed by atoms with Gasteiger partial charge in [0.25, 0.3) is 0 Å². The summed E-state index contributed by atoms with van der Waals surface area (Å²) in [6.07, 6.45) is 5.63. The van der Waals surface area contributed by atoms with Crippen molar-refractivity contribution in [2.75, 3.05) is 0 Å². The van der Waals surface area contributed by atoms with Gasteiger partial charge in [-0.2, -0.15) is 0 Å². The lowest BCUT2D eigenvalue weighted by Crippen LogP contribution is -2.02. The van der Waals surface area contributed by atoms with Crippen LogP contribution in [0.25, 0.3) is 16.5 Å². The first-order valence-corrected chi connectivity index (χ1v) is 6.13. The summed E-state index contributed by atoms with van der Waals surface area (Å²) in [5.74, 6) is 0.464. The minimum atomic E-state index is -0.238. The minimum absolute atomic E-state index is 0.0386. The lowest BCUT2D eigenvalue weighted by molar-refractivity contribution is 0.478. The molecule has 0 bridgehead atoms. The van der Waals surface area contributed by atoms with Gasteiger partial charge in [-0.1, -0.05) is 18.2 Å². The molecule has 1 heterocycles. The number of aromatic hydroxyl groups is 1. The number of hydrogen-bond donors (Lipinski definition) is 1. The summed E-state index contributed by atoms with van der Waals surface area (Å²) in [7, 11) is 0. The van der Waals surface area contributed by atoms with Crippen LogP contribution in [0.4, 0.5) is 0 Å². The van der Waals surface area contributed by atoms with E-state index in [1.165, 1.54) is 6.07 Å². The molecule has 0 spiro atoms. The van der Waals surface area contributed by atoms with Gasteiger partial charge >= 0.3 is 0 Å². The quantitative estimate of drug-likeness (QED) is 0.832. The van der Waals surface area contributed by atoms with Gasteiger partial charge in [0.05, 0.1) is 0 Å². The maximum absolute atomic E-state index is 12.1. The van der Waals surface area contributed by atoms with E-state index in [2.05, 4.69) is 0 Å². The van der Waals surface area contributed by atoms with Gasteiger partial charge in [0, 0.05) is 11.6 Å². The van der Waals surface area contributed by atoms with Crippen LogP contribution in [0, 0.1) is 6.92 Å². The Morgan fingerprint density at radius 1 is 1.26 bits per heavy atom. The first-order valence-electron chi connectivity index (χ1n) is 6.13. The molecule has 0 fully saturated rings. The molecule has 1 aromatic carbocycles. The Bertz CT molecular complexity index is 733. The van der Waals surface area contributed by atoms with E-state index in [1.807, 2.05) is 39.0 Å². The van der Waals surface area contributed by atoms with Gasteiger partial charge in [-0.05, 0) is 38.5 Å². The fourth-order valence-electron chi connectivity index (χ4n) is 2.04. The van der Waals surface area contributed by atoms with Crippen molar-refractivity contribution in [3.63, 3.8) is 0 Å². The summed E-state index contributed by atoms with van der Waals surface area (Å²) in [5.41, 5.74) is 1.85. The molecule has 0 aliphatic heterocycles. The predicted molar refractivity (Wildman–Crippen MR) is 77.4 cm³/mol. The first-order chi connectivity index (χ1) is 9.06. The molecule has 0 saturated carbocycles. The fourth-order valence-corrected chi connectivity index (χ4v) is 2.04. The molecule has 0 radical (unpaired) electrons. The Morgan fingerprint density at radius 2 is 2.00 bits per heavy atom. The van der Waals surface area contributed by atoms with Gasteiger partial charge in [0.2, 0.25) is 0 Å². The predicted octanol–water partition coefficient (Wildman–Crippen LogP) is 3.79. The molecule has 1 aromatic heterocycles. The lowest BCUT2D eigenvalue weighted by atomic mass is 10.1. The summed E-state index contributed by atoms with van der Waals surface area (Å²) >= 11 is 0. The zero-order valence-electron chi connectivity index (χ0n) is 11.2. The van der Waals surface area contributed by atoms with Crippen LogP contribution in [0.5, 0.6) is 5.75 Å². The van der Waals surface area contributed by atoms with E-state index < -0.39 is 0 Å². The third kappa shape index (κ3) is 2.45. The summed E-state index contributed by atoms with van der Waals surface area (Å²) in [6, 6.07) is 4.72. The molecule has 0 aliphatic rings. The van der Waals surface area contributed by atoms with E-state index in [9.17, 15) is 9.90 Å². The monoisotopic (exact) mass is 256 g/mol. The highest BCUT2D eigenvalue weighted by Crippen LogP contribution is 2.26. The van der Waals surface area contributed by atoms with Crippen LogP contribution in [-0.2, 0) is 0 Å². The van der Waals surface area contributed by atoms with Gasteiger partial charge in [-0.25, -0.2) is 0 Å². The molecule has 1 N–H and O–H groups in total. The first kappa shape index (κ1) is 13.1. The van der Waals surface area contributed by atoms with Crippen molar-refractivity contribution in [1.82, 2.24) is 0 Å². The van der Waals surface area contributed by atoms with E-state index in [-0.39, 0.29) is 16.6 Å². The molecule has 3 nitrogen and oxygen atoms in total. The summed E-state index contributed by atoms with van der Waals surface area (Å²) in [5, 5.41) is 10.1. The van der Waals surface area contributed by atoms with Crippen molar-refractivity contribution >= 4 is 16.5 Å². The number of rotatable bonds is 2. The highest BCUT2D eigenvalue weighted by atomic mass is 16.3. The van der Waals surface area contributed by atoms with Crippen LogP contribution in [0.1, 0.15) is 25.2 Å². The summed E-state index contributed by atoms with van der Waals surface area (Å²) in [6.45, 7) is 5.63. The van der Waals surface area contributed by atoms with Crippen molar-refractivity contribution in [2.45, 2.75) is 20.8 Å². The molecule has 0 aliphatic carbocycles. The number of fused-ring (bicyclic) bond motifs is 1. The van der Waals surface area contributed by atoms with Gasteiger partial charge in [0.1, 0.15) is 22.5 Å². The molecule has 0 atom stereocenters. The third-order valence-electron chi connectivity index (χ3n) is 2.90. The zero-order valence-corrected chi connectivity index (χ0v) is 11.2. The van der Waals surface area contributed by atoms with E-state index >= 15 is 0 Å². The fraction of sp³-hybridized carbons (Fsp3) is 0.188. The second-order valence-corrected chi connectivity index (χ2v) is 4.38. The Hall–Kier alpha value is -2.29. The maximum atomic E-state index is 12.1. The molecular formula is C16H16O3. The van der Waals surface area contributed by atoms with Crippen LogP contribution in [0.2, 0.25) is 0 Å². The van der Waals surface area contributed by atoms with Gasteiger partial charge in [-0.15, -0.1) is 0 Å². The minimum Gasteiger partial charge on any atom is -0.507 e. The number of hydrogen-bond acceptors (Lipinski definition) is 3. The Kier molecular flexibility index (Phi) is 3.56. The number of allylic oxidation sites excluding steroid dienone is 4. The highest BCUT2D eigenvalue weighted by Gasteiger charge is 2.11. The van der Waals surface area contributed by atoms with Crippen LogP contribution in [0.15, 0.2) is 45.6 Å². The van der Waals surface area contributed by atoms with Crippen molar-refractivity contribution in [3.05, 3.63) is 58.0 Å². The van der Waals surface area contributed by atoms with E-state index in [0.717, 1.165) is 11.1 Å². The molecule has 19 heavy (non-hydrogen) atoms. The number of phenols is 1. The average Bonchev–Trinajstić information content (AvgIpc) is 2.34. The van der Waals surface area contributed by atoms with Crippen molar-refractivity contribution < 1.29 is 9.52 Å². The largest absolute Gasteiger partial charge is 0.507 e. The lowest BCUT2D eigenvalue weighted by Gasteiger charge is -2.06. The van der Waals surface area contributed by atoms with E-state index in [0.29, 0.717) is 11.3 Å². The Morgan fingerprint density at radius 3 is 2.63 bits per heavy atom. The van der Waals surface area contributed by atoms with Crippen molar-refractivity contribution in [3.8, 4) is 5.75 Å². The summed E-state index contributed by atoms with van der Waals surface area (Å²) < 4.78 is 5.73. The highest BCUT2D eigenvalue weighted by molar-refractivity contribution is 5.85. The van der Waals surface area contributed by atoms with E-state index in [4.69, 9.17) is 4.42 Å². The molecule has 0 saturated heterocycles. The van der Waals surface area contributed by atoms with Crippen LogP contribution >= 0.6 is 0 Å². The van der Waals surface area contributed by atoms with Crippen molar-refractivity contribution in [2.24, 2.45) is 0 Å². The molecular weight excluding hydrogens is 240 g/mol. The van der Waals surface area contributed by atoms with Crippen LogP contribution in [-0.4, -0.2) is 5.11 Å². The number of aryl methyl sites for hydroxylation is 1. The average molecular weight is 256 g/mol. The Balaban J connectivity index is 2.79. The second kappa shape index (κ2) is 5.14. The normalized spacial score (nSPS) is 12.5. The standard InChI is InChI=1S/C16H16O3/c1-4-6-11(5-2)14-9-13(18)16-12(17)7-10(3)8-15(16)19-14/h4-9,17H,1-3H3/b6-4-,11-5+. The third-order valence-corrected chi connectivity index (χ3v) is 2.90. The molecule has 0 unspecified atom stereocenters. The number of phenolic OH excluding ortho intramolecular Hbond substituents is 1. The molecule has 3 heteroatoms. The van der Waals surface area contributed by atoms with Crippen molar-refractivity contribution in [1.29, 1.82) is 0 Å². The maximum Gasteiger partial charge on any atom is 0.197 e. The van der Waals surface area contributed by atoms with Gasteiger partial charge in [0.15, 0.2) is 5.43 Å². The molecule has 0 amide bonds. The SMILES string of the molecule is C/C=C\C(=C/C)c1cc(=O)c2c(O)cc(C)cc2o1. The zero-order chi connectivity index (χ0) is 14.0. The summed E-state index contributed by atoms with van der Waals surface area (Å²) in [4.78, 5) is 12.1. The molecule has 2 aromatic rings. The van der Waals surface area contributed by atoms with E-state index in [1.54, 1.807) is 12.1 Å². The number of benzene rings is 1. The molecule has 98 valence electrons. The Labute approximate surface area is 111 Å². The topological polar surface area (TPSA) is 50.4 Å².